The number of hydrogen-bond donors (Lipinski definition) is 2. The summed E-state index contributed by atoms with van der Waals surface area (Å²) in [6, 6.07) is 2.14. The summed E-state index contributed by atoms with van der Waals surface area (Å²) in [5.41, 5.74) is -2.55. The molecule has 2 N–H and O–H groups in total. The van der Waals surface area contributed by atoms with Crippen molar-refractivity contribution in [1.29, 1.82) is 0 Å². The van der Waals surface area contributed by atoms with Crippen molar-refractivity contribution in [2.75, 3.05) is 17.7 Å². The molecule has 0 radical (unpaired) electrons. The molecule has 1 aromatic carbocycles. The third-order valence-corrected chi connectivity index (χ3v) is 5.17. The van der Waals surface area contributed by atoms with E-state index in [1.165, 1.54) is 18.3 Å². The van der Waals surface area contributed by atoms with Crippen LogP contribution < -0.4 is 10.6 Å². The van der Waals surface area contributed by atoms with Gasteiger partial charge in [-0.1, -0.05) is 23.1 Å². The van der Waals surface area contributed by atoms with Gasteiger partial charge in [-0.15, -0.1) is 10.2 Å². The predicted molar refractivity (Wildman–Crippen MR) is 91.5 cm³/mol. The average molecular weight is 407 g/mol. The zero-order valence-corrected chi connectivity index (χ0v) is 15.0. The largest absolute Gasteiger partial charge is 0.418 e. The summed E-state index contributed by atoms with van der Waals surface area (Å²) in [5.74, 6) is -0.699. The van der Waals surface area contributed by atoms with Crippen molar-refractivity contribution in [3.63, 3.8) is 0 Å². The Labute approximate surface area is 153 Å². The van der Waals surface area contributed by atoms with Crippen molar-refractivity contribution in [1.82, 2.24) is 10.2 Å². The normalized spacial score (nSPS) is 12.5. The number of benzene rings is 1. The summed E-state index contributed by atoms with van der Waals surface area (Å²) in [5, 5.41) is 23.0. The number of alkyl halides is 3. The summed E-state index contributed by atoms with van der Waals surface area (Å²) in [6.45, 7) is 1.50. The van der Waals surface area contributed by atoms with Gasteiger partial charge in [0.15, 0.2) is 4.34 Å². The summed E-state index contributed by atoms with van der Waals surface area (Å²) in [6.07, 6.45) is -4.86. The molecule has 13 heteroatoms. The lowest BCUT2D eigenvalue weighted by atomic mass is 10.1. The highest BCUT2D eigenvalue weighted by atomic mass is 32.2. The van der Waals surface area contributed by atoms with Gasteiger partial charge >= 0.3 is 6.18 Å². The van der Waals surface area contributed by atoms with Crippen LogP contribution in [0, 0.1) is 10.1 Å². The molecule has 1 atom stereocenters. The number of nitrogens with zero attached hydrogens (tertiary/aromatic N) is 3. The SMILES string of the molecule is CNc1nnc(S[C@H](C)C(=O)Nc2ccc([N+](=O)[O-])cc2C(F)(F)F)s1. The number of nitro groups is 1. The minimum Gasteiger partial charge on any atom is -0.363 e. The first-order valence-electron chi connectivity index (χ1n) is 6.96. The maximum atomic E-state index is 13.1. The number of nitro benzene ring substituents is 1. The number of halogens is 3. The van der Waals surface area contributed by atoms with Crippen LogP contribution in [-0.2, 0) is 11.0 Å². The molecule has 140 valence electrons. The fourth-order valence-corrected chi connectivity index (χ4v) is 3.64. The molecule has 1 amide bonds. The molecule has 8 nitrogen and oxygen atoms in total. The molecule has 26 heavy (non-hydrogen) atoms. The topological polar surface area (TPSA) is 110 Å². The lowest BCUT2D eigenvalue weighted by molar-refractivity contribution is -0.385. The highest BCUT2D eigenvalue weighted by Crippen LogP contribution is 2.37. The molecule has 0 aliphatic rings. The van der Waals surface area contributed by atoms with E-state index in [2.05, 4.69) is 20.8 Å². The molecule has 1 heterocycles. The number of thioether (sulfide) groups is 1. The average Bonchev–Trinajstić information content (AvgIpc) is 3.01. The van der Waals surface area contributed by atoms with Gasteiger partial charge in [-0.25, -0.2) is 0 Å². The molecule has 0 unspecified atom stereocenters. The molecular formula is C13H12F3N5O3S2. The van der Waals surface area contributed by atoms with Gasteiger partial charge in [0, 0.05) is 19.2 Å². The van der Waals surface area contributed by atoms with Crippen LogP contribution in [0.3, 0.4) is 0 Å². The number of non-ortho nitro benzene ring substituents is 1. The summed E-state index contributed by atoms with van der Waals surface area (Å²) < 4.78 is 39.9. The van der Waals surface area contributed by atoms with E-state index < -0.39 is 39.2 Å². The van der Waals surface area contributed by atoms with Crippen LogP contribution in [0.25, 0.3) is 0 Å². The number of hydrogen-bond acceptors (Lipinski definition) is 8. The molecule has 1 aromatic heterocycles. The summed E-state index contributed by atoms with van der Waals surface area (Å²) in [7, 11) is 1.65. The van der Waals surface area contributed by atoms with E-state index in [0.29, 0.717) is 15.5 Å². The van der Waals surface area contributed by atoms with E-state index in [4.69, 9.17) is 0 Å². The molecule has 0 fully saturated rings. The van der Waals surface area contributed by atoms with Crippen molar-refractivity contribution in [3.8, 4) is 0 Å². The minimum atomic E-state index is -4.86. The number of nitrogens with one attached hydrogen (secondary N) is 2. The third-order valence-electron chi connectivity index (χ3n) is 3.04. The number of anilines is 2. The lowest BCUT2D eigenvalue weighted by Gasteiger charge is -2.15. The Hall–Kier alpha value is -2.41. The molecule has 0 aliphatic carbocycles. The quantitative estimate of drug-likeness (QED) is 0.427. The first kappa shape index (κ1) is 19.9. The van der Waals surface area contributed by atoms with Crippen molar-refractivity contribution < 1.29 is 22.9 Å². The predicted octanol–water partition coefficient (Wildman–Crippen LogP) is 3.63. The maximum absolute atomic E-state index is 13.1. The van der Waals surface area contributed by atoms with Crippen LogP contribution in [0.4, 0.5) is 29.7 Å². The molecule has 2 rings (SSSR count). The first-order valence-corrected chi connectivity index (χ1v) is 8.66. The van der Waals surface area contributed by atoms with Crippen molar-refractivity contribution in [2.24, 2.45) is 0 Å². The fraction of sp³-hybridized carbons (Fsp3) is 0.308. The molecule has 0 saturated heterocycles. The van der Waals surface area contributed by atoms with Gasteiger partial charge in [0.05, 0.1) is 21.4 Å². The number of carbonyl (C=O) groups is 1. The van der Waals surface area contributed by atoms with E-state index >= 15 is 0 Å². The van der Waals surface area contributed by atoms with Crippen LogP contribution >= 0.6 is 23.1 Å². The number of amides is 1. The van der Waals surface area contributed by atoms with Gasteiger partial charge in [0.25, 0.3) is 5.69 Å². The first-order chi connectivity index (χ1) is 12.1. The van der Waals surface area contributed by atoms with Gasteiger partial charge in [-0.05, 0) is 13.0 Å². The second kappa shape index (κ2) is 7.86. The molecule has 0 spiro atoms. The Morgan fingerprint density at radius 2 is 2.08 bits per heavy atom. The van der Waals surface area contributed by atoms with Gasteiger partial charge in [0.2, 0.25) is 11.0 Å². The zero-order valence-electron chi connectivity index (χ0n) is 13.3. The lowest BCUT2D eigenvalue weighted by Crippen LogP contribution is -2.24. The van der Waals surface area contributed by atoms with E-state index in [1.807, 2.05) is 0 Å². The summed E-state index contributed by atoms with van der Waals surface area (Å²) >= 11 is 2.22. The van der Waals surface area contributed by atoms with E-state index in [-0.39, 0.29) is 0 Å². The third kappa shape index (κ3) is 4.82. The molecular weight excluding hydrogens is 395 g/mol. The minimum absolute atomic E-state index is 0.386. The van der Waals surface area contributed by atoms with E-state index in [1.54, 1.807) is 7.05 Å². The van der Waals surface area contributed by atoms with Gasteiger partial charge < -0.3 is 10.6 Å². The van der Waals surface area contributed by atoms with Crippen molar-refractivity contribution in [3.05, 3.63) is 33.9 Å². The van der Waals surface area contributed by atoms with Gasteiger partial charge in [-0.2, -0.15) is 13.2 Å². The highest BCUT2D eigenvalue weighted by molar-refractivity contribution is 8.02. The van der Waals surface area contributed by atoms with Crippen LogP contribution in [0.2, 0.25) is 0 Å². The Morgan fingerprint density at radius 1 is 1.38 bits per heavy atom. The Morgan fingerprint density at radius 3 is 2.62 bits per heavy atom. The maximum Gasteiger partial charge on any atom is 0.418 e. The van der Waals surface area contributed by atoms with Crippen LogP contribution in [0.1, 0.15) is 12.5 Å². The number of aromatic nitrogens is 2. The van der Waals surface area contributed by atoms with Crippen molar-refractivity contribution >= 4 is 45.5 Å². The fourth-order valence-electron chi connectivity index (χ4n) is 1.79. The van der Waals surface area contributed by atoms with Gasteiger partial charge in [-0.3, -0.25) is 14.9 Å². The van der Waals surface area contributed by atoms with Crippen LogP contribution in [-0.4, -0.2) is 33.3 Å². The number of carbonyl (C=O) groups excluding carboxylic acids is 1. The highest BCUT2D eigenvalue weighted by Gasteiger charge is 2.36. The Kier molecular flexibility index (Phi) is 6.02. The van der Waals surface area contributed by atoms with E-state index in [9.17, 15) is 28.1 Å². The standard InChI is InChI=1S/C13H12F3N5O3S2/c1-6(25-12-20-19-11(17-2)26-12)10(22)18-9-4-3-7(21(23)24)5-8(9)13(14,15)16/h3-6H,1-2H3,(H,17,19)(H,18,22)/t6-/m1/s1. The van der Waals surface area contributed by atoms with Crippen molar-refractivity contribution in [2.45, 2.75) is 22.7 Å². The van der Waals surface area contributed by atoms with Crippen LogP contribution in [0.5, 0.6) is 0 Å². The van der Waals surface area contributed by atoms with Gasteiger partial charge in [0.1, 0.15) is 0 Å². The van der Waals surface area contributed by atoms with E-state index in [0.717, 1.165) is 23.9 Å². The summed E-state index contributed by atoms with van der Waals surface area (Å²) in [4.78, 5) is 21.9. The second-order valence-corrected chi connectivity index (χ2v) is 7.42. The monoisotopic (exact) mass is 407 g/mol. The number of rotatable bonds is 6. The molecule has 0 saturated carbocycles. The molecule has 2 aromatic rings. The second-order valence-electron chi connectivity index (χ2n) is 4.86. The molecule has 0 bridgehead atoms. The smallest absolute Gasteiger partial charge is 0.363 e. The molecule has 0 aliphatic heterocycles. The van der Waals surface area contributed by atoms with Crippen LogP contribution in [0.15, 0.2) is 22.5 Å². The Bertz CT molecular complexity index is 828. The zero-order chi connectivity index (χ0) is 19.5. The Balaban J connectivity index is 2.18.